The lowest BCUT2D eigenvalue weighted by atomic mass is 10.1. The number of hydrogen-bond acceptors (Lipinski definition) is 3. The number of aliphatic carboxylic acids is 1. The fourth-order valence-electron chi connectivity index (χ4n) is 1.98. The molecule has 0 aliphatic heterocycles. The van der Waals surface area contributed by atoms with Crippen molar-refractivity contribution in [2.45, 2.75) is 12.5 Å². The number of phenolic OH excluding ortho intramolecular Hbond substituents is 1. The topological polar surface area (TPSA) is 86.6 Å². The van der Waals surface area contributed by atoms with Gasteiger partial charge in [-0.3, -0.25) is 4.79 Å². The lowest BCUT2D eigenvalue weighted by Crippen LogP contribution is -2.42. The molecule has 3 N–H and O–H groups in total. The molecule has 1 atom stereocenters. The van der Waals surface area contributed by atoms with Gasteiger partial charge < -0.3 is 15.5 Å². The molecule has 0 spiro atoms. The summed E-state index contributed by atoms with van der Waals surface area (Å²) in [5.41, 5.74) is 0.476. The van der Waals surface area contributed by atoms with Crippen molar-refractivity contribution in [1.82, 2.24) is 5.32 Å². The van der Waals surface area contributed by atoms with E-state index in [9.17, 15) is 24.2 Å². The van der Waals surface area contributed by atoms with Crippen LogP contribution in [0.5, 0.6) is 5.75 Å². The molecule has 0 aliphatic carbocycles. The van der Waals surface area contributed by atoms with Crippen LogP contribution in [0.15, 0.2) is 42.5 Å². The van der Waals surface area contributed by atoms with Gasteiger partial charge in [0, 0.05) is 6.42 Å². The third-order valence-electron chi connectivity index (χ3n) is 3.18. The smallest absolute Gasteiger partial charge is 0.326 e. The fourth-order valence-corrected chi connectivity index (χ4v) is 2.19. The highest BCUT2D eigenvalue weighted by Crippen LogP contribution is 2.20. The van der Waals surface area contributed by atoms with Crippen LogP contribution in [0.1, 0.15) is 15.9 Å². The summed E-state index contributed by atoms with van der Waals surface area (Å²) in [4.78, 5) is 23.4. The maximum atomic E-state index is 13.4. The Morgan fingerprint density at radius 1 is 1.17 bits per heavy atom. The molecule has 0 saturated carbocycles. The minimum absolute atomic E-state index is 0.00822. The van der Waals surface area contributed by atoms with Crippen LogP contribution < -0.4 is 5.32 Å². The van der Waals surface area contributed by atoms with Gasteiger partial charge in [0.2, 0.25) is 0 Å². The van der Waals surface area contributed by atoms with Crippen LogP contribution in [-0.4, -0.2) is 28.1 Å². The molecule has 23 heavy (non-hydrogen) atoms. The van der Waals surface area contributed by atoms with Crippen LogP contribution in [0.4, 0.5) is 4.39 Å². The van der Waals surface area contributed by atoms with Gasteiger partial charge in [0.15, 0.2) is 0 Å². The lowest BCUT2D eigenvalue weighted by molar-refractivity contribution is -0.139. The predicted molar refractivity (Wildman–Crippen MR) is 82.1 cm³/mol. The van der Waals surface area contributed by atoms with E-state index >= 15 is 0 Å². The fraction of sp³-hybridized carbons (Fsp3) is 0.125. The second-order valence-electron chi connectivity index (χ2n) is 4.84. The van der Waals surface area contributed by atoms with Gasteiger partial charge in [-0.15, -0.1) is 0 Å². The SMILES string of the molecule is O=C(N[C@@H](Cc1ccc(O)cc1)C(=O)O)c1cccc(F)c1Cl. The van der Waals surface area contributed by atoms with Crippen LogP contribution in [0, 0.1) is 5.82 Å². The Morgan fingerprint density at radius 3 is 2.43 bits per heavy atom. The number of benzene rings is 2. The minimum Gasteiger partial charge on any atom is -0.508 e. The molecule has 7 heteroatoms. The van der Waals surface area contributed by atoms with Crippen molar-refractivity contribution >= 4 is 23.5 Å². The zero-order chi connectivity index (χ0) is 17.0. The zero-order valence-electron chi connectivity index (χ0n) is 11.8. The van der Waals surface area contributed by atoms with Crippen molar-refractivity contribution in [2.75, 3.05) is 0 Å². The first kappa shape index (κ1) is 16.8. The van der Waals surface area contributed by atoms with E-state index in [-0.39, 0.29) is 22.8 Å². The molecule has 0 fully saturated rings. The molecule has 0 unspecified atom stereocenters. The molecule has 1 amide bonds. The first-order valence-electron chi connectivity index (χ1n) is 6.64. The first-order chi connectivity index (χ1) is 10.9. The Kier molecular flexibility index (Phi) is 5.18. The molecule has 5 nitrogen and oxygen atoms in total. The number of amides is 1. The molecular formula is C16H13ClFNO4. The number of carbonyl (C=O) groups excluding carboxylic acids is 1. The minimum atomic E-state index is -1.24. The summed E-state index contributed by atoms with van der Waals surface area (Å²) in [5, 5.41) is 20.4. The van der Waals surface area contributed by atoms with Gasteiger partial charge in [0.1, 0.15) is 17.6 Å². The molecular weight excluding hydrogens is 325 g/mol. The Hall–Kier alpha value is -2.60. The molecule has 0 heterocycles. The van der Waals surface area contributed by atoms with Crippen LogP contribution in [-0.2, 0) is 11.2 Å². The molecule has 0 saturated heterocycles. The highest BCUT2D eigenvalue weighted by Gasteiger charge is 2.23. The van der Waals surface area contributed by atoms with Crippen LogP contribution in [0.2, 0.25) is 5.02 Å². The second kappa shape index (κ2) is 7.11. The number of hydrogen-bond donors (Lipinski definition) is 3. The number of carboxylic acid groups (broad SMARTS) is 1. The Morgan fingerprint density at radius 2 is 1.83 bits per heavy atom. The van der Waals surface area contributed by atoms with Crippen LogP contribution >= 0.6 is 11.6 Å². The monoisotopic (exact) mass is 337 g/mol. The normalized spacial score (nSPS) is 11.7. The second-order valence-corrected chi connectivity index (χ2v) is 5.21. The molecule has 0 aromatic heterocycles. The van der Waals surface area contributed by atoms with Gasteiger partial charge in [-0.05, 0) is 29.8 Å². The average molecular weight is 338 g/mol. The summed E-state index contributed by atoms with van der Waals surface area (Å²) < 4.78 is 13.4. The highest BCUT2D eigenvalue weighted by molar-refractivity contribution is 6.34. The van der Waals surface area contributed by atoms with Crippen LogP contribution in [0.25, 0.3) is 0 Å². The van der Waals surface area contributed by atoms with Gasteiger partial charge in [0.05, 0.1) is 10.6 Å². The van der Waals surface area contributed by atoms with Gasteiger partial charge in [-0.25, -0.2) is 9.18 Å². The first-order valence-corrected chi connectivity index (χ1v) is 7.02. The van der Waals surface area contributed by atoms with E-state index in [1.807, 2.05) is 0 Å². The molecule has 120 valence electrons. The van der Waals surface area contributed by atoms with Gasteiger partial charge >= 0.3 is 5.97 Å². The number of nitrogens with one attached hydrogen (secondary N) is 1. The van der Waals surface area contributed by atoms with E-state index in [0.29, 0.717) is 5.56 Å². The van der Waals surface area contributed by atoms with E-state index < -0.39 is 23.7 Å². The molecule has 0 radical (unpaired) electrons. The largest absolute Gasteiger partial charge is 0.508 e. The van der Waals surface area contributed by atoms with Gasteiger partial charge in [0.25, 0.3) is 5.91 Å². The average Bonchev–Trinajstić information content (AvgIpc) is 2.51. The van der Waals surface area contributed by atoms with Crippen molar-refractivity contribution in [2.24, 2.45) is 0 Å². The highest BCUT2D eigenvalue weighted by atomic mass is 35.5. The Labute approximate surface area is 136 Å². The molecule has 0 bridgehead atoms. The maximum absolute atomic E-state index is 13.4. The Bertz CT molecular complexity index is 733. The summed E-state index contributed by atoms with van der Waals surface area (Å²) in [6, 6.07) is 8.43. The third kappa shape index (κ3) is 4.20. The lowest BCUT2D eigenvalue weighted by Gasteiger charge is -2.15. The molecule has 2 rings (SSSR count). The van der Waals surface area contributed by atoms with E-state index in [4.69, 9.17) is 11.6 Å². The van der Waals surface area contributed by atoms with Crippen molar-refractivity contribution in [1.29, 1.82) is 0 Å². The number of rotatable bonds is 5. The number of aromatic hydroxyl groups is 1. The summed E-state index contributed by atoms with van der Waals surface area (Å²) in [5.74, 6) is -2.72. The van der Waals surface area contributed by atoms with Crippen molar-refractivity contribution in [3.8, 4) is 5.75 Å². The summed E-state index contributed by atoms with van der Waals surface area (Å²) in [6.07, 6.45) is 0.00822. The standard InChI is InChI=1S/C16H13ClFNO4/c17-14-11(2-1-3-12(14)18)15(21)19-13(16(22)23)8-9-4-6-10(20)7-5-9/h1-7,13,20H,8H2,(H,19,21)(H,22,23)/t13-/m0/s1. The van der Waals surface area contributed by atoms with Crippen LogP contribution in [0.3, 0.4) is 0 Å². The van der Waals surface area contributed by atoms with Crippen molar-refractivity contribution in [3.05, 3.63) is 64.4 Å². The predicted octanol–water partition coefficient (Wildman–Crippen LogP) is 2.61. The molecule has 2 aromatic rings. The number of carboxylic acids is 1. The summed E-state index contributed by atoms with van der Waals surface area (Å²) in [7, 11) is 0. The summed E-state index contributed by atoms with van der Waals surface area (Å²) in [6.45, 7) is 0. The molecule has 2 aromatic carbocycles. The number of halogens is 2. The maximum Gasteiger partial charge on any atom is 0.326 e. The van der Waals surface area contributed by atoms with E-state index in [1.165, 1.54) is 24.3 Å². The van der Waals surface area contributed by atoms with Crippen molar-refractivity contribution in [3.63, 3.8) is 0 Å². The van der Waals surface area contributed by atoms with Gasteiger partial charge in [-0.2, -0.15) is 0 Å². The molecule has 0 aliphatic rings. The van der Waals surface area contributed by atoms with Gasteiger partial charge in [-0.1, -0.05) is 29.8 Å². The zero-order valence-corrected chi connectivity index (χ0v) is 12.5. The van der Waals surface area contributed by atoms with E-state index in [2.05, 4.69) is 5.32 Å². The third-order valence-corrected chi connectivity index (χ3v) is 3.56. The quantitative estimate of drug-likeness (QED) is 0.782. The number of carbonyl (C=O) groups is 2. The number of phenols is 1. The van der Waals surface area contributed by atoms with E-state index in [1.54, 1.807) is 12.1 Å². The summed E-state index contributed by atoms with van der Waals surface area (Å²) >= 11 is 5.72. The Balaban J connectivity index is 2.16. The van der Waals surface area contributed by atoms with E-state index in [0.717, 1.165) is 6.07 Å². The van der Waals surface area contributed by atoms with Crippen molar-refractivity contribution < 1.29 is 24.2 Å².